The molecule has 0 heterocycles. The Morgan fingerprint density at radius 2 is 1.51 bits per heavy atom. The highest BCUT2D eigenvalue weighted by Gasteiger charge is 2.33. The van der Waals surface area contributed by atoms with Crippen LogP contribution in [0, 0.1) is 6.92 Å². The lowest BCUT2D eigenvalue weighted by Gasteiger charge is -2.33. The molecule has 7 nitrogen and oxygen atoms in total. The molecule has 0 fully saturated rings. The van der Waals surface area contributed by atoms with E-state index in [0.29, 0.717) is 17.1 Å². The number of amides is 2. The molecular weight excluding hydrogens is 534 g/mol. The van der Waals surface area contributed by atoms with Crippen LogP contribution in [0.15, 0.2) is 77.7 Å². The first-order chi connectivity index (χ1) is 18.5. The molecule has 0 saturated heterocycles. The van der Waals surface area contributed by atoms with Crippen LogP contribution in [0.2, 0.25) is 5.02 Å². The van der Waals surface area contributed by atoms with Gasteiger partial charge >= 0.3 is 0 Å². The lowest BCUT2D eigenvalue weighted by atomic mass is 10.0. The summed E-state index contributed by atoms with van der Waals surface area (Å²) in [5, 5.41) is 3.17. The van der Waals surface area contributed by atoms with E-state index in [1.54, 1.807) is 48.5 Å². The van der Waals surface area contributed by atoms with Gasteiger partial charge in [-0.05, 0) is 66.8 Å². The molecule has 3 rings (SSSR count). The van der Waals surface area contributed by atoms with Crippen molar-refractivity contribution in [2.75, 3.05) is 17.9 Å². The van der Waals surface area contributed by atoms with Gasteiger partial charge in [-0.15, -0.1) is 0 Å². The first-order valence-electron chi connectivity index (χ1n) is 12.9. The van der Waals surface area contributed by atoms with Crippen LogP contribution >= 0.6 is 11.6 Å². The third kappa shape index (κ3) is 7.40. The first kappa shape index (κ1) is 30.2. The zero-order valence-corrected chi connectivity index (χ0v) is 24.6. The minimum Gasteiger partial charge on any atom is -0.357 e. The van der Waals surface area contributed by atoms with Gasteiger partial charge in [-0.25, -0.2) is 8.42 Å². The largest absolute Gasteiger partial charge is 0.357 e. The number of likely N-dealkylation sites (N-methyl/N-ethyl adjacent to an activating group) is 1. The summed E-state index contributed by atoms with van der Waals surface area (Å²) in [4.78, 5) is 28.2. The van der Waals surface area contributed by atoms with E-state index >= 15 is 0 Å². The van der Waals surface area contributed by atoms with Gasteiger partial charge in [-0.2, -0.15) is 0 Å². The van der Waals surface area contributed by atoms with E-state index in [1.165, 1.54) is 24.1 Å². The van der Waals surface area contributed by atoms with Crippen molar-refractivity contribution in [2.45, 2.75) is 57.5 Å². The number of aryl methyl sites for hydroxylation is 1. The van der Waals surface area contributed by atoms with Crippen LogP contribution in [0.4, 0.5) is 5.69 Å². The second-order valence-corrected chi connectivity index (χ2v) is 12.1. The number of benzene rings is 3. The fourth-order valence-electron chi connectivity index (χ4n) is 4.26. The number of hydrogen-bond acceptors (Lipinski definition) is 4. The maximum Gasteiger partial charge on any atom is 0.264 e. The number of carbonyl (C=O) groups is 2. The maximum atomic E-state index is 13.9. The fraction of sp³-hybridized carbons (Fsp3) is 0.333. The molecular formula is C30H36ClN3O4S. The van der Waals surface area contributed by atoms with E-state index in [0.717, 1.165) is 21.0 Å². The zero-order valence-electron chi connectivity index (χ0n) is 23.0. The molecule has 0 aliphatic rings. The van der Waals surface area contributed by atoms with Crippen LogP contribution in [0.25, 0.3) is 0 Å². The van der Waals surface area contributed by atoms with Crippen LogP contribution in [-0.2, 0) is 26.2 Å². The van der Waals surface area contributed by atoms with Crippen molar-refractivity contribution in [1.82, 2.24) is 10.2 Å². The van der Waals surface area contributed by atoms with Gasteiger partial charge in [0, 0.05) is 18.6 Å². The molecule has 3 aromatic carbocycles. The molecule has 0 unspecified atom stereocenters. The number of hydrogen-bond donors (Lipinski definition) is 1. The van der Waals surface area contributed by atoms with Crippen molar-refractivity contribution in [2.24, 2.45) is 0 Å². The van der Waals surface area contributed by atoms with Gasteiger partial charge in [-0.1, -0.05) is 74.3 Å². The molecule has 3 aromatic rings. The number of nitrogens with one attached hydrogen (secondary N) is 1. The summed E-state index contributed by atoms with van der Waals surface area (Å²) in [6.45, 7) is 7.44. The third-order valence-corrected chi connectivity index (χ3v) is 8.67. The van der Waals surface area contributed by atoms with Gasteiger partial charge in [-0.3, -0.25) is 13.9 Å². The van der Waals surface area contributed by atoms with E-state index in [-0.39, 0.29) is 23.3 Å². The van der Waals surface area contributed by atoms with Gasteiger partial charge in [0.05, 0.1) is 10.6 Å². The minimum absolute atomic E-state index is 0.0800. The Morgan fingerprint density at radius 3 is 2.03 bits per heavy atom. The summed E-state index contributed by atoms with van der Waals surface area (Å²) in [5.41, 5.74) is 3.10. The van der Waals surface area contributed by atoms with Crippen LogP contribution in [0.3, 0.4) is 0 Å². The van der Waals surface area contributed by atoms with Gasteiger partial charge in [0.15, 0.2) is 0 Å². The van der Waals surface area contributed by atoms with Crippen LogP contribution in [-0.4, -0.2) is 44.8 Å². The Kier molecular flexibility index (Phi) is 10.2. The van der Waals surface area contributed by atoms with Crippen LogP contribution in [0.1, 0.15) is 49.8 Å². The van der Waals surface area contributed by atoms with E-state index in [9.17, 15) is 18.0 Å². The smallest absolute Gasteiger partial charge is 0.264 e. The second kappa shape index (κ2) is 13.1. The standard InChI is InChI=1S/C30H36ClN3O4S/c1-6-28(30(36)32-5)33(19-23-9-13-25(31)14-10-23)29(35)20-34(26-15-11-24(12-16-26)21(2)3)39(37,38)27-17-7-22(4)8-18-27/h7-18,21,28H,6,19-20H2,1-5H3,(H,32,36)/t28-/m1/s1. The van der Waals surface area contributed by atoms with E-state index in [1.807, 2.05) is 26.0 Å². The Morgan fingerprint density at radius 1 is 0.923 bits per heavy atom. The van der Waals surface area contributed by atoms with E-state index in [4.69, 9.17) is 11.6 Å². The second-order valence-electron chi connectivity index (χ2n) is 9.76. The summed E-state index contributed by atoms with van der Waals surface area (Å²) in [7, 11) is -2.59. The SMILES string of the molecule is CC[C@H](C(=O)NC)N(Cc1ccc(Cl)cc1)C(=O)CN(c1ccc(C(C)C)cc1)S(=O)(=O)c1ccc(C)cc1. The minimum atomic E-state index is -4.10. The van der Waals surface area contributed by atoms with Crippen molar-refractivity contribution in [3.05, 3.63) is 94.5 Å². The summed E-state index contributed by atoms with van der Waals surface area (Å²) in [5.74, 6) is -0.561. The van der Waals surface area contributed by atoms with E-state index < -0.39 is 28.5 Å². The highest BCUT2D eigenvalue weighted by Crippen LogP contribution is 2.27. The quantitative estimate of drug-likeness (QED) is 0.329. The number of carbonyl (C=O) groups excluding carboxylic acids is 2. The Labute approximate surface area is 236 Å². The lowest BCUT2D eigenvalue weighted by molar-refractivity contribution is -0.140. The van der Waals surface area contributed by atoms with Crippen LogP contribution < -0.4 is 9.62 Å². The number of nitrogens with zero attached hydrogens (tertiary/aromatic N) is 2. The fourth-order valence-corrected chi connectivity index (χ4v) is 5.80. The molecule has 0 saturated carbocycles. The molecule has 0 radical (unpaired) electrons. The van der Waals surface area contributed by atoms with Gasteiger partial charge < -0.3 is 10.2 Å². The molecule has 2 amide bonds. The van der Waals surface area contributed by atoms with Gasteiger partial charge in [0.1, 0.15) is 12.6 Å². The summed E-state index contributed by atoms with van der Waals surface area (Å²) in [6, 6.07) is 19.9. The average Bonchev–Trinajstić information content (AvgIpc) is 2.92. The third-order valence-electron chi connectivity index (χ3n) is 6.63. The molecule has 208 valence electrons. The maximum absolute atomic E-state index is 13.9. The molecule has 0 aliphatic heterocycles. The molecule has 0 aromatic heterocycles. The molecule has 9 heteroatoms. The Bertz CT molecular complexity index is 1370. The number of anilines is 1. The molecule has 0 spiro atoms. The van der Waals surface area contributed by atoms with Crippen molar-refractivity contribution in [3.8, 4) is 0 Å². The summed E-state index contributed by atoms with van der Waals surface area (Å²) in [6.07, 6.45) is 0.354. The predicted molar refractivity (Wildman–Crippen MR) is 156 cm³/mol. The summed E-state index contributed by atoms with van der Waals surface area (Å²) >= 11 is 6.04. The Balaban J connectivity index is 2.06. The van der Waals surface area contributed by atoms with Gasteiger partial charge in [0.2, 0.25) is 11.8 Å². The van der Waals surface area contributed by atoms with Crippen molar-refractivity contribution in [1.29, 1.82) is 0 Å². The highest BCUT2D eigenvalue weighted by atomic mass is 35.5. The van der Waals surface area contributed by atoms with Gasteiger partial charge in [0.25, 0.3) is 10.0 Å². The topological polar surface area (TPSA) is 86.8 Å². The Hall–Kier alpha value is -3.36. The van der Waals surface area contributed by atoms with Crippen molar-refractivity contribution < 1.29 is 18.0 Å². The van der Waals surface area contributed by atoms with E-state index in [2.05, 4.69) is 19.2 Å². The monoisotopic (exact) mass is 569 g/mol. The molecule has 39 heavy (non-hydrogen) atoms. The molecule has 1 N–H and O–H groups in total. The number of halogens is 1. The van der Waals surface area contributed by atoms with Crippen LogP contribution in [0.5, 0.6) is 0 Å². The summed E-state index contributed by atoms with van der Waals surface area (Å²) < 4.78 is 28.9. The predicted octanol–water partition coefficient (Wildman–Crippen LogP) is 5.52. The highest BCUT2D eigenvalue weighted by molar-refractivity contribution is 7.92. The zero-order chi connectivity index (χ0) is 28.7. The van der Waals surface area contributed by atoms with Crippen molar-refractivity contribution in [3.63, 3.8) is 0 Å². The normalized spacial score (nSPS) is 12.2. The number of sulfonamides is 1. The number of rotatable bonds is 11. The first-order valence-corrected chi connectivity index (χ1v) is 14.7. The average molecular weight is 570 g/mol. The van der Waals surface area contributed by atoms with Crippen molar-refractivity contribution >= 4 is 39.1 Å². The molecule has 0 bridgehead atoms. The lowest BCUT2D eigenvalue weighted by Crippen LogP contribution is -2.51. The molecule has 0 aliphatic carbocycles. The molecule has 1 atom stereocenters.